The largest absolute Gasteiger partial charge is 0.416 e. The Hall–Kier alpha value is -3.16. The van der Waals surface area contributed by atoms with E-state index in [0.717, 1.165) is 12.1 Å². The number of hydrogen-bond donors (Lipinski definition) is 2. The Labute approximate surface area is 152 Å². The van der Waals surface area contributed by atoms with Crippen LogP contribution >= 0.6 is 0 Å². The number of carbonyl (C=O) groups excluding carboxylic acids is 1. The second-order valence-corrected chi connectivity index (χ2v) is 5.98. The number of aromatic nitrogens is 2. The van der Waals surface area contributed by atoms with Crippen molar-refractivity contribution in [1.82, 2.24) is 15.5 Å². The number of benzene rings is 2. The predicted octanol–water partition coefficient (Wildman–Crippen LogP) is 4.73. The van der Waals surface area contributed by atoms with E-state index in [9.17, 15) is 22.4 Å². The molecule has 1 aromatic heterocycles. The summed E-state index contributed by atoms with van der Waals surface area (Å²) in [6.07, 6.45) is -3.15. The van der Waals surface area contributed by atoms with E-state index in [1.54, 1.807) is 6.92 Å². The molecule has 0 spiro atoms. The molecule has 0 saturated carbocycles. The van der Waals surface area contributed by atoms with Crippen molar-refractivity contribution in [1.29, 1.82) is 0 Å². The van der Waals surface area contributed by atoms with Crippen LogP contribution in [0.25, 0.3) is 11.3 Å². The van der Waals surface area contributed by atoms with Crippen LogP contribution in [0.4, 0.5) is 17.6 Å². The molecule has 27 heavy (non-hydrogen) atoms. The molecule has 3 aromatic rings. The zero-order valence-corrected chi connectivity index (χ0v) is 14.1. The van der Waals surface area contributed by atoms with Gasteiger partial charge in [-0.1, -0.05) is 12.1 Å². The third kappa shape index (κ3) is 4.16. The second kappa shape index (κ2) is 7.22. The Balaban J connectivity index is 1.80. The van der Waals surface area contributed by atoms with Crippen molar-refractivity contribution >= 4 is 5.91 Å². The van der Waals surface area contributed by atoms with Gasteiger partial charge in [-0.15, -0.1) is 0 Å². The minimum absolute atomic E-state index is 0.209. The van der Waals surface area contributed by atoms with Crippen LogP contribution in [0, 0.1) is 5.82 Å². The minimum Gasteiger partial charge on any atom is -0.345 e. The molecule has 0 aliphatic heterocycles. The van der Waals surface area contributed by atoms with E-state index >= 15 is 0 Å². The number of hydrogen-bond acceptors (Lipinski definition) is 2. The van der Waals surface area contributed by atoms with Crippen molar-refractivity contribution in [2.45, 2.75) is 19.1 Å². The maximum atomic E-state index is 13.1. The Morgan fingerprint density at radius 2 is 1.85 bits per heavy atom. The molecule has 1 amide bonds. The Morgan fingerprint density at radius 3 is 2.52 bits per heavy atom. The highest BCUT2D eigenvalue weighted by molar-refractivity contribution is 5.99. The molecule has 2 aromatic carbocycles. The quantitative estimate of drug-likeness (QED) is 0.646. The molecule has 0 saturated heterocycles. The van der Waals surface area contributed by atoms with Gasteiger partial charge in [0.25, 0.3) is 5.91 Å². The van der Waals surface area contributed by atoms with Crippen molar-refractivity contribution in [2.75, 3.05) is 0 Å². The molecule has 8 heteroatoms. The third-order valence-corrected chi connectivity index (χ3v) is 4.08. The Bertz CT molecular complexity index is 948. The molecule has 0 fully saturated rings. The van der Waals surface area contributed by atoms with Crippen LogP contribution in [0.2, 0.25) is 0 Å². The molecule has 0 bridgehead atoms. The van der Waals surface area contributed by atoms with Gasteiger partial charge in [-0.05, 0) is 48.9 Å². The van der Waals surface area contributed by atoms with Crippen LogP contribution in [0.15, 0.2) is 54.7 Å². The van der Waals surface area contributed by atoms with E-state index in [0.29, 0.717) is 16.8 Å². The average molecular weight is 377 g/mol. The molecule has 0 radical (unpaired) electrons. The highest BCUT2D eigenvalue weighted by Crippen LogP contribution is 2.31. The second-order valence-electron chi connectivity index (χ2n) is 5.98. The van der Waals surface area contributed by atoms with Gasteiger partial charge in [0.2, 0.25) is 0 Å². The van der Waals surface area contributed by atoms with Crippen molar-refractivity contribution in [3.63, 3.8) is 0 Å². The summed E-state index contributed by atoms with van der Waals surface area (Å²) in [6.45, 7) is 1.59. The van der Waals surface area contributed by atoms with Gasteiger partial charge in [-0.3, -0.25) is 9.89 Å². The lowest BCUT2D eigenvalue weighted by Gasteiger charge is -2.16. The summed E-state index contributed by atoms with van der Waals surface area (Å²) in [5, 5.41) is 9.18. The topological polar surface area (TPSA) is 57.8 Å². The van der Waals surface area contributed by atoms with Gasteiger partial charge in [0.05, 0.1) is 29.1 Å². The molecule has 1 unspecified atom stereocenters. The summed E-state index contributed by atoms with van der Waals surface area (Å²) < 4.78 is 51.7. The summed E-state index contributed by atoms with van der Waals surface area (Å²) in [4.78, 5) is 12.6. The zero-order valence-electron chi connectivity index (χ0n) is 14.1. The molecule has 4 nitrogen and oxygen atoms in total. The number of halogens is 4. The molecule has 1 heterocycles. The molecular weight excluding hydrogens is 362 g/mol. The highest BCUT2D eigenvalue weighted by Gasteiger charge is 2.30. The number of rotatable bonds is 4. The number of amides is 1. The van der Waals surface area contributed by atoms with E-state index < -0.39 is 29.5 Å². The number of H-pyrrole nitrogens is 1. The lowest BCUT2D eigenvalue weighted by Crippen LogP contribution is -2.27. The number of nitrogens with one attached hydrogen (secondary N) is 2. The van der Waals surface area contributed by atoms with Crippen molar-refractivity contribution < 1.29 is 22.4 Å². The highest BCUT2D eigenvalue weighted by atomic mass is 19.4. The molecular formula is C19H15F4N3O. The minimum atomic E-state index is -4.46. The zero-order chi connectivity index (χ0) is 19.6. The van der Waals surface area contributed by atoms with Gasteiger partial charge >= 0.3 is 6.18 Å². The summed E-state index contributed by atoms with van der Waals surface area (Å²) in [5.41, 5.74) is 0.705. The van der Waals surface area contributed by atoms with E-state index in [4.69, 9.17) is 0 Å². The molecule has 2 N–H and O–H groups in total. The van der Waals surface area contributed by atoms with Crippen LogP contribution < -0.4 is 5.32 Å². The van der Waals surface area contributed by atoms with Crippen molar-refractivity contribution in [3.05, 3.63) is 77.2 Å². The maximum Gasteiger partial charge on any atom is 0.416 e. The van der Waals surface area contributed by atoms with Gasteiger partial charge in [-0.2, -0.15) is 18.3 Å². The summed E-state index contributed by atoms with van der Waals surface area (Å²) >= 11 is 0. The molecule has 0 aliphatic rings. The molecule has 0 aliphatic carbocycles. The monoisotopic (exact) mass is 377 g/mol. The number of alkyl halides is 3. The third-order valence-electron chi connectivity index (χ3n) is 4.08. The van der Waals surface area contributed by atoms with Gasteiger partial charge in [0, 0.05) is 5.56 Å². The van der Waals surface area contributed by atoms with E-state index in [1.165, 1.54) is 42.6 Å². The predicted molar refractivity (Wildman–Crippen MR) is 91.3 cm³/mol. The van der Waals surface area contributed by atoms with Crippen LogP contribution in [0.3, 0.4) is 0 Å². The fourth-order valence-corrected chi connectivity index (χ4v) is 2.64. The Kier molecular flexibility index (Phi) is 4.98. The fraction of sp³-hybridized carbons (Fsp3) is 0.158. The molecule has 3 rings (SSSR count). The van der Waals surface area contributed by atoms with Gasteiger partial charge in [0.1, 0.15) is 5.82 Å². The van der Waals surface area contributed by atoms with E-state index in [2.05, 4.69) is 15.5 Å². The standard InChI is InChI=1S/C19H15F4N3O/c1-11(13-3-2-4-14(9-13)19(21,22)23)25-18(27)16-10-24-26-17(16)12-5-7-15(20)8-6-12/h2-11H,1H3,(H,24,26)(H,25,27). The lowest BCUT2D eigenvalue weighted by atomic mass is 10.0. The first kappa shape index (κ1) is 18.6. The van der Waals surface area contributed by atoms with Gasteiger partial charge in [-0.25, -0.2) is 4.39 Å². The number of nitrogens with zero attached hydrogens (tertiary/aromatic N) is 1. The summed E-state index contributed by atoms with van der Waals surface area (Å²) in [5.74, 6) is -0.921. The number of carbonyl (C=O) groups is 1. The van der Waals surface area contributed by atoms with Gasteiger partial charge in [0.15, 0.2) is 0 Å². The fourth-order valence-electron chi connectivity index (χ4n) is 2.64. The smallest absolute Gasteiger partial charge is 0.345 e. The first-order chi connectivity index (χ1) is 12.8. The Morgan fingerprint density at radius 1 is 1.15 bits per heavy atom. The normalized spacial score (nSPS) is 12.6. The summed E-state index contributed by atoms with van der Waals surface area (Å²) in [7, 11) is 0. The van der Waals surface area contributed by atoms with Crippen LogP contribution in [0.5, 0.6) is 0 Å². The molecule has 140 valence electrons. The van der Waals surface area contributed by atoms with Crippen LogP contribution in [-0.4, -0.2) is 16.1 Å². The van der Waals surface area contributed by atoms with Crippen LogP contribution in [0.1, 0.15) is 34.5 Å². The maximum absolute atomic E-state index is 13.1. The number of aromatic amines is 1. The first-order valence-electron chi connectivity index (χ1n) is 8.03. The van der Waals surface area contributed by atoms with Crippen molar-refractivity contribution in [3.8, 4) is 11.3 Å². The van der Waals surface area contributed by atoms with Crippen molar-refractivity contribution in [2.24, 2.45) is 0 Å². The van der Waals surface area contributed by atoms with Gasteiger partial charge < -0.3 is 5.32 Å². The average Bonchev–Trinajstić information content (AvgIpc) is 3.11. The summed E-state index contributed by atoms with van der Waals surface area (Å²) in [6, 6.07) is 9.62. The van der Waals surface area contributed by atoms with E-state index in [1.807, 2.05) is 0 Å². The molecule has 1 atom stereocenters. The first-order valence-corrected chi connectivity index (χ1v) is 8.03. The van der Waals surface area contributed by atoms with Crippen LogP contribution in [-0.2, 0) is 6.18 Å². The van der Waals surface area contributed by atoms with E-state index in [-0.39, 0.29) is 5.56 Å². The SMILES string of the molecule is CC(NC(=O)c1cn[nH]c1-c1ccc(F)cc1)c1cccc(C(F)(F)F)c1. The lowest BCUT2D eigenvalue weighted by molar-refractivity contribution is -0.137.